The summed E-state index contributed by atoms with van der Waals surface area (Å²) < 4.78 is 0. The van der Waals surface area contributed by atoms with Gasteiger partial charge >= 0.3 is 0 Å². The van der Waals surface area contributed by atoms with Gasteiger partial charge in [0.05, 0.1) is 0 Å². The molecule has 0 N–H and O–H groups in total. The van der Waals surface area contributed by atoms with Crippen molar-refractivity contribution in [1.82, 2.24) is 9.80 Å². The second-order valence-electron chi connectivity index (χ2n) is 7.79. The first-order valence-electron chi connectivity index (χ1n) is 8.97. The van der Waals surface area contributed by atoms with Crippen molar-refractivity contribution >= 4 is 5.91 Å². The molecule has 1 unspecified atom stereocenters. The third kappa shape index (κ3) is 4.21. The highest BCUT2D eigenvalue weighted by Gasteiger charge is 2.38. The molecule has 2 aliphatic heterocycles. The van der Waals surface area contributed by atoms with E-state index in [0.717, 1.165) is 19.0 Å². The average Bonchev–Trinajstić information content (AvgIpc) is 2.49. The van der Waals surface area contributed by atoms with Crippen LogP contribution in [0.4, 0.5) is 0 Å². The van der Waals surface area contributed by atoms with Crippen molar-refractivity contribution in [2.24, 2.45) is 17.3 Å². The maximum absolute atomic E-state index is 12.1. The Morgan fingerprint density at radius 1 is 1.00 bits per heavy atom. The summed E-state index contributed by atoms with van der Waals surface area (Å²) in [6.45, 7) is 14.5. The number of carbonyl (C=O) groups is 1. The van der Waals surface area contributed by atoms with E-state index in [2.05, 4.69) is 23.6 Å². The Kier molecular flexibility index (Phi) is 5.70. The number of rotatable bonds is 4. The van der Waals surface area contributed by atoms with Crippen LogP contribution in [-0.2, 0) is 4.79 Å². The molecule has 2 fully saturated rings. The van der Waals surface area contributed by atoms with E-state index in [1.807, 2.05) is 13.8 Å². The smallest absolute Gasteiger partial charge is 0.225 e. The third-order valence-electron chi connectivity index (χ3n) is 5.81. The predicted octanol–water partition coefficient (Wildman–Crippen LogP) is 3.39. The molecule has 0 radical (unpaired) electrons. The maximum atomic E-state index is 12.1. The number of hydrogen-bond acceptors (Lipinski definition) is 2. The zero-order valence-corrected chi connectivity index (χ0v) is 14.5. The topological polar surface area (TPSA) is 23.6 Å². The summed E-state index contributed by atoms with van der Waals surface area (Å²) in [6.07, 6.45) is 6.42. The van der Waals surface area contributed by atoms with Gasteiger partial charge in [0.15, 0.2) is 0 Å². The Balaban J connectivity index is 1.79. The van der Waals surface area contributed by atoms with Crippen LogP contribution >= 0.6 is 0 Å². The molecule has 2 saturated heterocycles. The van der Waals surface area contributed by atoms with Crippen LogP contribution in [-0.4, -0.2) is 48.4 Å². The number of amides is 1. The van der Waals surface area contributed by atoms with E-state index in [9.17, 15) is 4.79 Å². The molecule has 0 bridgehead atoms. The molecule has 2 heterocycles. The second-order valence-corrected chi connectivity index (χ2v) is 7.79. The van der Waals surface area contributed by atoms with E-state index >= 15 is 0 Å². The third-order valence-corrected chi connectivity index (χ3v) is 5.81. The zero-order valence-electron chi connectivity index (χ0n) is 14.5. The summed E-state index contributed by atoms with van der Waals surface area (Å²) in [6, 6.07) is 0. The highest BCUT2D eigenvalue weighted by Crippen LogP contribution is 2.41. The van der Waals surface area contributed by atoms with Crippen molar-refractivity contribution < 1.29 is 4.79 Å². The van der Waals surface area contributed by atoms with Crippen LogP contribution in [0.2, 0.25) is 0 Å². The van der Waals surface area contributed by atoms with Gasteiger partial charge in [-0.2, -0.15) is 0 Å². The van der Waals surface area contributed by atoms with E-state index in [1.54, 1.807) is 0 Å². The summed E-state index contributed by atoms with van der Waals surface area (Å²) in [4.78, 5) is 16.8. The SMILES string of the molecule is CCC(C)CN1CCC2(CC1)CCN(C(=O)C(C)C)CC2. The first kappa shape index (κ1) is 16.8. The van der Waals surface area contributed by atoms with Crippen LogP contribution in [0.25, 0.3) is 0 Å². The molecule has 0 aliphatic carbocycles. The fraction of sp³-hybridized carbons (Fsp3) is 0.944. The first-order chi connectivity index (χ1) is 9.96. The van der Waals surface area contributed by atoms with Gasteiger partial charge in [-0.05, 0) is 50.1 Å². The Hall–Kier alpha value is -0.570. The lowest BCUT2D eigenvalue weighted by atomic mass is 9.71. The largest absolute Gasteiger partial charge is 0.342 e. The molecule has 2 rings (SSSR count). The number of piperidine rings is 2. The van der Waals surface area contributed by atoms with Crippen LogP contribution in [0.15, 0.2) is 0 Å². The monoisotopic (exact) mass is 294 g/mol. The van der Waals surface area contributed by atoms with E-state index in [1.165, 1.54) is 51.7 Å². The van der Waals surface area contributed by atoms with Crippen molar-refractivity contribution in [2.45, 2.75) is 59.8 Å². The molecule has 2 aliphatic rings. The molecule has 21 heavy (non-hydrogen) atoms. The van der Waals surface area contributed by atoms with Crippen LogP contribution in [0, 0.1) is 17.3 Å². The molecule has 0 aromatic rings. The molecule has 1 atom stereocenters. The van der Waals surface area contributed by atoms with Gasteiger partial charge in [-0.15, -0.1) is 0 Å². The Morgan fingerprint density at radius 3 is 2.00 bits per heavy atom. The highest BCUT2D eigenvalue weighted by atomic mass is 16.2. The lowest BCUT2D eigenvalue weighted by molar-refractivity contribution is -0.137. The van der Waals surface area contributed by atoms with Crippen molar-refractivity contribution in [3.05, 3.63) is 0 Å². The van der Waals surface area contributed by atoms with Gasteiger partial charge in [0.25, 0.3) is 0 Å². The highest BCUT2D eigenvalue weighted by molar-refractivity contribution is 5.78. The van der Waals surface area contributed by atoms with Crippen LogP contribution < -0.4 is 0 Å². The molecular weight excluding hydrogens is 260 g/mol. The quantitative estimate of drug-likeness (QED) is 0.793. The van der Waals surface area contributed by atoms with E-state index < -0.39 is 0 Å². The molecule has 122 valence electrons. The Morgan fingerprint density at radius 2 is 1.52 bits per heavy atom. The second kappa shape index (κ2) is 7.13. The maximum Gasteiger partial charge on any atom is 0.225 e. The minimum atomic E-state index is 0.149. The van der Waals surface area contributed by atoms with Gasteiger partial charge in [-0.25, -0.2) is 0 Å². The zero-order chi connectivity index (χ0) is 15.5. The normalized spacial score (nSPS) is 24.5. The summed E-state index contributed by atoms with van der Waals surface area (Å²) in [5.41, 5.74) is 0.541. The van der Waals surface area contributed by atoms with Crippen LogP contribution in [0.3, 0.4) is 0 Å². The Labute approximate surface area is 131 Å². The van der Waals surface area contributed by atoms with Gasteiger partial charge < -0.3 is 9.80 Å². The standard InChI is InChI=1S/C18H34N2O/c1-5-16(4)14-19-10-6-18(7-11-19)8-12-20(13-9-18)17(21)15(2)3/h15-16H,5-14H2,1-4H3. The lowest BCUT2D eigenvalue weighted by Crippen LogP contribution is -2.49. The van der Waals surface area contributed by atoms with E-state index in [-0.39, 0.29) is 5.92 Å². The van der Waals surface area contributed by atoms with Gasteiger partial charge in [-0.1, -0.05) is 34.1 Å². The molecule has 0 aromatic heterocycles. The van der Waals surface area contributed by atoms with Crippen molar-refractivity contribution in [3.63, 3.8) is 0 Å². The number of carbonyl (C=O) groups excluding carboxylic acids is 1. The van der Waals surface area contributed by atoms with E-state index in [0.29, 0.717) is 11.3 Å². The fourth-order valence-corrected chi connectivity index (χ4v) is 3.85. The van der Waals surface area contributed by atoms with Crippen molar-refractivity contribution in [2.75, 3.05) is 32.7 Å². The molecule has 1 spiro atoms. The number of hydrogen-bond donors (Lipinski definition) is 0. The summed E-state index contributed by atoms with van der Waals surface area (Å²) >= 11 is 0. The fourth-order valence-electron chi connectivity index (χ4n) is 3.85. The van der Waals surface area contributed by atoms with E-state index in [4.69, 9.17) is 0 Å². The van der Waals surface area contributed by atoms with Gasteiger partial charge in [0, 0.05) is 25.6 Å². The Bertz CT molecular complexity index is 335. The minimum absolute atomic E-state index is 0.149. The average molecular weight is 294 g/mol. The summed E-state index contributed by atoms with van der Waals surface area (Å²) in [5, 5.41) is 0. The molecule has 3 nitrogen and oxygen atoms in total. The van der Waals surface area contributed by atoms with Crippen LogP contribution in [0.1, 0.15) is 59.8 Å². The number of likely N-dealkylation sites (tertiary alicyclic amines) is 2. The summed E-state index contributed by atoms with van der Waals surface area (Å²) in [7, 11) is 0. The molecule has 1 amide bonds. The van der Waals surface area contributed by atoms with Crippen molar-refractivity contribution in [3.8, 4) is 0 Å². The molecular formula is C18H34N2O. The molecule has 3 heteroatoms. The molecule has 0 saturated carbocycles. The first-order valence-corrected chi connectivity index (χ1v) is 8.97. The van der Waals surface area contributed by atoms with Gasteiger partial charge in [0.2, 0.25) is 5.91 Å². The van der Waals surface area contributed by atoms with Gasteiger partial charge in [0.1, 0.15) is 0 Å². The van der Waals surface area contributed by atoms with Crippen molar-refractivity contribution in [1.29, 1.82) is 0 Å². The van der Waals surface area contributed by atoms with Crippen LogP contribution in [0.5, 0.6) is 0 Å². The minimum Gasteiger partial charge on any atom is -0.342 e. The predicted molar refractivity (Wildman–Crippen MR) is 88.2 cm³/mol. The lowest BCUT2D eigenvalue weighted by Gasteiger charge is -2.47. The molecule has 0 aromatic carbocycles. The van der Waals surface area contributed by atoms with Gasteiger partial charge in [-0.3, -0.25) is 4.79 Å². The summed E-state index contributed by atoms with van der Waals surface area (Å²) in [5.74, 6) is 1.32. The number of nitrogens with zero attached hydrogens (tertiary/aromatic N) is 2.